The van der Waals surface area contributed by atoms with Crippen LogP contribution in [0.3, 0.4) is 0 Å². The van der Waals surface area contributed by atoms with Gasteiger partial charge in [-0.1, -0.05) is 35.9 Å². The molecule has 5 aromatic rings. The number of hydrogen-bond acceptors (Lipinski definition) is 5. The zero-order valence-corrected chi connectivity index (χ0v) is 17.0. The van der Waals surface area contributed by atoms with Gasteiger partial charge in [0.25, 0.3) is 0 Å². The van der Waals surface area contributed by atoms with Gasteiger partial charge in [0.2, 0.25) is 0 Å². The monoisotopic (exact) mass is 404 g/mol. The van der Waals surface area contributed by atoms with E-state index in [4.69, 9.17) is 10.7 Å². The van der Waals surface area contributed by atoms with Crippen molar-refractivity contribution in [3.63, 3.8) is 0 Å². The number of aromatic nitrogens is 4. The highest BCUT2D eigenvalue weighted by atomic mass is 15.3. The van der Waals surface area contributed by atoms with Crippen molar-refractivity contribution < 1.29 is 0 Å². The quantitative estimate of drug-likeness (QED) is 0.432. The van der Waals surface area contributed by atoms with E-state index in [2.05, 4.69) is 58.7 Å². The van der Waals surface area contributed by atoms with Crippen molar-refractivity contribution in [2.45, 2.75) is 6.92 Å². The molecule has 0 radical (unpaired) electrons. The molecule has 6 heteroatoms. The van der Waals surface area contributed by atoms with Gasteiger partial charge in [-0.05, 0) is 36.8 Å². The Morgan fingerprint density at radius 2 is 1.90 bits per heavy atom. The molecule has 4 heterocycles. The number of nitrogens with two attached hydrogens (primary N) is 1. The molecule has 1 aliphatic rings. The molecule has 2 aromatic carbocycles. The van der Waals surface area contributed by atoms with Gasteiger partial charge in [0, 0.05) is 46.6 Å². The standard InChI is InChI=1S/C25H20N6/c1-15-8-18-9-17(6-7-22(18)27-12-15)23-11-24(26)31-25(30-23)20(14-29-31)19-10-16-4-2-3-5-21(16)28-13-19/h2-11,13-14,27H,12,26H2,1H3. The van der Waals surface area contributed by atoms with Crippen LogP contribution in [0.1, 0.15) is 12.5 Å². The first kappa shape index (κ1) is 17.7. The van der Waals surface area contributed by atoms with Crippen LogP contribution >= 0.6 is 0 Å². The molecule has 0 saturated carbocycles. The van der Waals surface area contributed by atoms with Crippen LogP contribution in [0.15, 0.2) is 72.6 Å². The van der Waals surface area contributed by atoms with Crippen LogP contribution in [0, 0.1) is 0 Å². The molecule has 0 unspecified atom stereocenters. The zero-order valence-electron chi connectivity index (χ0n) is 17.0. The molecule has 0 fully saturated rings. The third kappa shape index (κ3) is 2.92. The largest absolute Gasteiger partial charge is 0.384 e. The average molecular weight is 404 g/mol. The molecule has 1 aliphatic heterocycles. The van der Waals surface area contributed by atoms with Gasteiger partial charge >= 0.3 is 0 Å². The number of nitrogen functional groups attached to an aromatic ring is 1. The Morgan fingerprint density at radius 3 is 2.84 bits per heavy atom. The predicted octanol–water partition coefficient (Wildman–Crippen LogP) is 5.02. The second-order valence-electron chi connectivity index (χ2n) is 7.92. The number of hydrogen-bond donors (Lipinski definition) is 2. The number of rotatable bonds is 2. The molecule has 0 aliphatic carbocycles. The summed E-state index contributed by atoms with van der Waals surface area (Å²) in [6.45, 7) is 3.00. The first-order chi connectivity index (χ1) is 15.2. The van der Waals surface area contributed by atoms with Crippen molar-refractivity contribution in [2.75, 3.05) is 17.6 Å². The summed E-state index contributed by atoms with van der Waals surface area (Å²) in [5.74, 6) is 0.544. The molecule has 3 N–H and O–H groups in total. The highest BCUT2D eigenvalue weighted by Crippen LogP contribution is 2.32. The average Bonchev–Trinajstić information content (AvgIpc) is 3.23. The van der Waals surface area contributed by atoms with E-state index in [9.17, 15) is 0 Å². The van der Waals surface area contributed by atoms with Crippen LogP contribution in [-0.2, 0) is 0 Å². The van der Waals surface area contributed by atoms with E-state index in [1.807, 2.05) is 30.5 Å². The summed E-state index contributed by atoms with van der Waals surface area (Å²) >= 11 is 0. The zero-order chi connectivity index (χ0) is 20.9. The van der Waals surface area contributed by atoms with Crippen molar-refractivity contribution in [3.8, 4) is 22.4 Å². The van der Waals surface area contributed by atoms with Crippen LogP contribution in [0.4, 0.5) is 11.5 Å². The Morgan fingerprint density at radius 1 is 1.00 bits per heavy atom. The number of anilines is 2. The minimum atomic E-state index is 0.544. The van der Waals surface area contributed by atoms with Gasteiger partial charge in [-0.25, -0.2) is 4.98 Å². The predicted molar refractivity (Wildman–Crippen MR) is 126 cm³/mol. The Kier molecular flexibility index (Phi) is 3.80. The fourth-order valence-electron chi connectivity index (χ4n) is 4.11. The third-order valence-corrected chi connectivity index (χ3v) is 5.71. The topological polar surface area (TPSA) is 81.1 Å². The molecule has 0 saturated heterocycles. The van der Waals surface area contributed by atoms with Crippen LogP contribution in [0.25, 0.3) is 45.0 Å². The summed E-state index contributed by atoms with van der Waals surface area (Å²) in [6, 6.07) is 18.4. The van der Waals surface area contributed by atoms with Gasteiger partial charge in [-0.3, -0.25) is 4.98 Å². The third-order valence-electron chi connectivity index (χ3n) is 5.71. The molecular weight excluding hydrogens is 384 g/mol. The molecule has 0 atom stereocenters. The Labute approximate surface area is 179 Å². The molecule has 0 spiro atoms. The maximum atomic E-state index is 6.36. The van der Waals surface area contributed by atoms with E-state index >= 15 is 0 Å². The van der Waals surface area contributed by atoms with E-state index in [0.29, 0.717) is 5.82 Å². The number of nitrogens with zero attached hydrogens (tertiary/aromatic N) is 4. The summed E-state index contributed by atoms with van der Waals surface area (Å²) in [5.41, 5.74) is 15.3. The number of nitrogens with one attached hydrogen (secondary N) is 1. The smallest absolute Gasteiger partial charge is 0.165 e. The van der Waals surface area contributed by atoms with Crippen LogP contribution in [0.5, 0.6) is 0 Å². The number of pyridine rings is 1. The van der Waals surface area contributed by atoms with Crippen LogP contribution in [0.2, 0.25) is 0 Å². The van der Waals surface area contributed by atoms with Gasteiger partial charge in [0.15, 0.2) is 5.65 Å². The Hall–Kier alpha value is -4.19. The fourth-order valence-corrected chi connectivity index (χ4v) is 4.11. The Bertz CT molecular complexity index is 1510. The molecule has 31 heavy (non-hydrogen) atoms. The van der Waals surface area contributed by atoms with E-state index in [1.165, 1.54) is 5.57 Å². The highest BCUT2D eigenvalue weighted by molar-refractivity contribution is 5.87. The normalized spacial score (nSPS) is 13.1. The maximum absolute atomic E-state index is 6.36. The SMILES string of the molecule is CC1=Cc2cc(-c3cc(N)n4ncc(-c5cnc6ccccc6c5)c4n3)ccc2NC1. The van der Waals surface area contributed by atoms with Crippen molar-refractivity contribution in [1.29, 1.82) is 0 Å². The van der Waals surface area contributed by atoms with Gasteiger partial charge in [-0.15, -0.1) is 0 Å². The minimum Gasteiger partial charge on any atom is -0.384 e. The minimum absolute atomic E-state index is 0.544. The maximum Gasteiger partial charge on any atom is 0.165 e. The molecule has 0 amide bonds. The number of benzene rings is 2. The van der Waals surface area contributed by atoms with Crippen molar-refractivity contribution in [2.24, 2.45) is 0 Å². The lowest BCUT2D eigenvalue weighted by Crippen LogP contribution is -2.08. The molecule has 3 aromatic heterocycles. The van der Waals surface area contributed by atoms with Gasteiger partial charge < -0.3 is 11.1 Å². The van der Waals surface area contributed by atoms with Crippen molar-refractivity contribution in [3.05, 3.63) is 78.1 Å². The second kappa shape index (κ2) is 6.67. The summed E-state index contributed by atoms with van der Waals surface area (Å²) in [6.07, 6.45) is 5.88. The number of para-hydroxylation sites is 1. The second-order valence-corrected chi connectivity index (χ2v) is 7.92. The number of fused-ring (bicyclic) bond motifs is 3. The molecule has 150 valence electrons. The van der Waals surface area contributed by atoms with E-state index in [1.54, 1.807) is 10.7 Å². The summed E-state index contributed by atoms with van der Waals surface area (Å²) in [7, 11) is 0. The summed E-state index contributed by atoms with van der Waals surface area (Å²) < 4.78 is 1.68. The van der Waals surface area contributed by atoms with Crippen LogP contribution in [-0.4, -0.2) is 26.1 Å². The lowest BCUT2D eigenvalue weighted by molar-refractivity contribution is 0.954. The van der Waals surface area contributed by atoms with Crippen LogP contribution < -0.4 is 11.1 Å². The van der Waals surface area contributed by atoms with E-state index < -0.39 is 0 Å². The summed E-state index contributed by atoms with van der Waals surface area (Å²) in [4.78, 5) is 9.54. The lowest BCUT2D eigenvalue weighted by atomic mass is 10.0. The fraction of sp³-hybridized carbons (Fsp3) is 0.0800. The molecular formula is C25H20N6. The van der Waals surface area contributed by atoms with Gasteiger partial charge in [0.05, 0.1) is 17.4 Å². The first-order valence-electron chi connectivity index (χ1n) is 10.2. The van der Waals surface area contributed by atoms with Gasteiger partial charge in [0.1, 0.15) is 5.82 Å². The van der Waals surface area contributed by atoms with Crippen molar-refractivity contribution >= 4 is 34.1 Å². The Balaban J connectivity index is 1.51. The molecule has 0 bridgehead atoms. The summed E-state index contributed by atoms with van der Waals surface area (Å²) in [5, 5.41) is 8.99. The lowest BCUT2D eigenvalue weighted by Gasteiger charge is -2.17. The molecule has 6 rings (SSSR count). The van der Waals surface area contributed by atoms with Gasteiger partial charge in [-0.2, -0.15) is 9.61 Å². The molecule has 6 nitrogen and oxygen atoms in total. The van der Waals surface area contributed by atoms with E-state index in [0.717, 1.165) is 56.7 Å². The van der Waals surface area contributed by atoms with E-state index in [-0.39, 0.29) is 0 Å². The highest BCUT2D eigenvalue weighted by Gasteiger charge is 2.15. The van der Waals surface area contributed by atoms with Crippen molar-refractivity contribution in [1.82, 2.24) is 19.6 Å². The first-order valence-corrected chi connectivity index (χ1v) is 10.2.